The Morgan fingerprint density at radius 1 is 1.35 bits per heavy atom. The summed E-state index contributed by atoms with van der Waals surface area (Å²) in [5, 5.41) is 25.0. The molecule has 0 saturated heterocycles. The number of rotatable bonds is 8. The molecule has 192 valence electrons. The zero-order chi connectivity index (χ0) is 26.1. The molecule has 2 aromatic carbocycles. The van der Waals surface area contributed by atoms with Gasteiger partial charge in [-0.3, -0.25) is 10.4 Å². The van der Waals surface area contributed by atoms with Crippen molar-refractivity contribution >= 4 is 35.0 Å². The molecule has 0 amide bonds. The number of aromatic nitrogens is 3. The SMILES string of the molecule is COc1cc(C(Nc2ccc(C(=N)N)cc2)c2nn(C3=C(C(=O)O)SCC3)c(=O)[nH]2)cc2c1OCOC2. The van der Waals surface area contributed by atoms with Crippen LogP contribution < -0.4 is 26.2 Å². The monoisotopic (exact) mass is 524 g/mol. The number of amidine groups is 1. The molecule has 3 heterocycles. The van der Waals surface area contributed by atoms with Crippen molar-refractivity contribution < 1.29 is 24.1 Å². The van der Waals surface area contributed by atoms with Crippen LogP contribution in [0.1, 0.15) is 35.0 Å². The smallest absolute Gasteiger partial charge is 0.347 e. The molecular formula is C24H24N6O6S. The lowest BCUT2D eigenvalue weighted by Gasteiger charge is -2.24. The lowest BCUT2D eigenvalue weighted by Crippen LogP contribution is -2.18. The lowest BCUT2D eigenvalue weighted by molar-refractivity contribution is -0.131. The second-order valence-electron chi connectivity index (χ2n) is 8.30. The molecule has 6 N–H and O–H groups in total. The van der Waals surface area contributed by atoms with E-state index < -0.39 is 17.7 Å². The summed E-state index contributed by atoms with van der Waals surface area (Å²) in [4.78, 5) is 27.5. The number of hydrogen-bond acceptors (Lipinski definition) is 9. The number of nitrogens with zero attached hydrogens (tertiary/aromatic N) is 2. The van der Waals surface area contributed by atoms with E-state index in [-0.39, 0.29) is 23.4 Å². The van der Waals surface area contributed by atoms with E-state index in [2.05, 4.69) is 15.4 Å². The molecule has 1 aromatic heterocycles. The zero-order valence-electron chi connectivity index (χ0n) is 19.7. The number of H-pyrrole nitrogens is 1. The van der Waals surface area contributed by atoms with Crippen molar-refractivity contribution in [3.63, 3.8) is 0 Å². The molecule has 5 rings (SSSR count). The summed E-state index contributed by atoms with van der Waals surface area (Å²) >= 11 is 1.18. The molecule has 0 bridgehead atoms. The Morgan fingerprint density at radius 3 is 2.84 bits per heavy atom. The van der Waals surface area contributed by atoms with Crippen LogP contribution in [0.15, 0.2) is 46.1 Å². The van der Waals surface area contributed by atoms with Crippen molar-refractivity contribution in [2.75, 3.05) is 25.0 Å². The van der Waals surface area contributed by atoms with Crippen LogP contribution in [0.5, 0.6) is 11.5 Å². The summed E-state index contributed by atoms with van der Waals surface area (Å²) in [7, 11) is 1.54. The average molecular weight is 525 g/mol. The number of aromatic amines is 1. The van der Waals surface area contributed by atoms with Crippen LogP contribution in [0.3, 0.4) is 0 Å². The second kappa shape index (κ2) is 10.0. The standard InChI is InChI=1S/C24H24N6O6S/c1-34-17-9-13(8-14-10-35-11-36-19(14)17)18(27-15-4-2-12(3-5-15)21(25)26)22-28-24(33)30(29-22)16-6-7-37-20(16)23(31)32/h2-5,8-9,18,27H,6-7,10-11H2,1H3,(H3,25,26)(H,31,32)(H,28,29,33). The van der Waals surface area contributed by atoms with E-state index in [1.165, 1.54) is 18.9 Å². The first-order valence-electron chi connectivity index (χ1n) is 11.3. The van der Waals surface area contributed by atoms with Crippen LogP contribution in [0.4, 0.5) is 5.69 Å². The van der Waals surface area contributed by atoms with E-state index in [1.807, 2.05) is 6.07 Å². The van der Waals surface area contributed by atoms with Gasteiger partial charge in [-0.05, 0) is 42.0 Å². The maximum absolute atomic E-state index is 12.9. The van der Waals surface area contributed by atoms with Gasteiger partial charge in [0.15, 0.2) is 24.1 Å². The first kappa shape index (κ1) is 24.5. The van der Waals surface area contributed by atoms with E-state index in [0.29, 0.717) is 52.8 Å². The number of nitrogens with two attached hydrogens (primary N) is 1. The van der Waals surface area contributed by atoms with Crippen LogP contribution in [0, 0.1) is 5.41 Å². The third kappa shape index (κ3) is 4.78. The largest absolute Gasteiger partial charge is 0.493 e. The molecule has 1 atom stereocenters. The number of methoxy groups -OCH3 is 1. The van der Waals surface area contributed by atoms with Crippen molar-refractivity contribution in [2.45, 2.75) is 19.1 Å². The van der Waals surface area contributed by atoms with Gasteiger partial charge in [0.2, 0.25) is 0 Å². The Morgan fingerprint density at radius 2 is 2.14 bits per heavy atom. The number of aliphatic carboxylic acids is 1. The fraction of sp³-hybridized carbons (Fsp3) is 0.250. The van der Waals surface area contributed by atoms with Crippen molar-refractivity contribution in [2.24, 2.45) is 5.73 Å². The fourth-order valence-corrected chi connectivity index (χ4v) is 5.21. The van der Waals surface area contributed by atoms with E-state index in [1.54, 1.807) is 30.3 Å². The third-order valence-electron chi connectivity index (χ3n) is 5.96. The van der Waals surface area contributed by atoms with Gasteiger partial charge in [0.1, 0.15) is 16.8 Å². The third-order valence-corrected chi connectivity index (χ3v) is 7.07. The molecule has 2 aliphatic rings. The second-order valence-corrected chi connectivity index (χ2v) is 9.40. The molecule has 13 heteroatoms. The Balaban J connectivity index is 1.61. The minimum atomic E-state index is -1.09. The first-order valence-corrected chi connectivity index (χ1v) is 12.3. The lowest BCUT2D eigenvalue weighted by atomic mass is 10.0. The minimum Gasteiger partial charge on any atom is -0.493 e. The van der Waals surface area contributed by atoms with Gasteiger partial charge in [0.05, 0.1) is 19.4 Å². The Kier molecular flexibility index (Phi) is 6.63. The minimum absolute atomic E-state index is 0.0532. The van der Waals surface area contributed by atoms with Gasteiger partial charge in [-0.25, -0.2) is 9.59 Å². The van der Waals surface area contributed by atoms with Gasteiger partial charge in [-0.15, -0.1) is 16.9 Å². The highest BCUT2D eigenvalue weighted by Crippen LogP contribution is 2.39. The number of carboxylic acids is 1. The highest BCUT2D eigenvalue weighted by Gasteiger charge is 2.28. The normalized spacial score (nSPS) is 15.6. The molecule has 0 spiro atoms. The Bertz CT molecular complexity index is 1440. The molecular weight excluding hydrogens is 500 g/mol. The summed E-state index contributed by atoms with van der Waals surface area (Å²) in [5.74, 6) is 0.767. The number of ether oxygens (including phenoxy) is 3. The van der Waals surface area contributed by atoms with Crippen molar-refractivity contribution in [3.8, 4) is 11.5 Å². The van der Waals surface area contributed by atoms with Crippen molar-refractivity contribution in [1.82, 2.24) is 14.8 Å². The number of carboxylic acid groups (broad SMARTS) is 1. The van der Waals surface area contributed by atoms with E-state index in [4.69, 9.17) is 25.4 Å². The molecule has 3 aromatic rings. The number of nitrogen functional groups attached to an aromatic ring is 1. The van der Waals surface area contributed by atoms with Crippen LogP contribution >= 0.6 is 11.8 Å². The fourth-order valence-electron chi connectivity index (χ4n) is 4.23. The predicted octanol–water partition coefficient (Wildman–Crippen LogP) is 2.32. The van der Waals surface area contributed by atoms with Crippen LogP contribution in [-0.2, 0) is 16.1 Å². The van der Waals surface area contributed by atoms with E-state index >= 15 is 0 Å². The number of fused-ring (bicyclic) bond motifs is 1. The molecule has 1 unspecified atom stereocenters. The van der Waals surface area contributed by atoms with Crippen LogP contribution in [-0.4, -0.2) is 51.3 Å². The summed E-state index contributed by atoms with van der Waals surface area (Å²) in [6, 6.07) is 9.94. The number of allylic oxidation sites excluding steroid dienone is 1. The van der Waals surface area contributed by atoms with Gasteiger partial charge in [0, 0.05) is 29.0 Å². The summed E-state index contributed by atoms with van der Waals surface area (Å²) in [6.45, 7) is 0.431. The van der Waals surface area contributed by atoms with E-state index in [0.717, 1.165) is 10.2 Å². The van der Waals surface area contributed by atoms with Crippen LogP contribution in [0.25, 0.3) is 5.70 Å². The van der Waals surface area contributed by atoms with Crippen molar-refractivity contribution in [1.29, 1.82) is 5.41 Å². The van der Waals surface area contributed by atoms with Gasteiger partial charge in [-0.2, -0.15) is 4.68 Å². The first-order chi connectivity index (χ1) is 17.9. The highest BCUT2D eigenvalue weighted by molar-refractivity contribution is 8.04. The van der Waals surface area contributed by atoms with Gasteiger partial charge in [0.25, 0.3) is 0 Å². The zero-order valence-corrected chi connectivity index (χ0v) is 20.6. The summed E-state index contributed by atoms with van der Waals surface area (Å²) in [6.07, 6.45) is 0.405. The number of nitrogens with one attached hydrogen (secondary N) is 3. The Hall–Kier alpha value is -4.23. The molecule has 0 fully saturated rings. The molecule has 12 nitrogen and oxygen atoms in total. The van der Waals surface area contributed by atoms with Gasteiger partial charge < -0.3 is 30.4 Å². The van der Waals surface area contributed by atoms with Crippen LogP contribution in [0.2, 0.25) is 0 Å². The van der Waals surface area contributed by atoms with Crippen molar-refractivity contribution in [3.05, 3.63) is 74.3 Å². The molecule has 0 aliphatic carbocycles. The molecule has 0 saturated carbocycles. The van der Waals surface area contributed by atoms with Gasteiger partial charge >= 0.3 is 11.7 Å². The number of benzene rings is 2. The topological polar surface area (TPSA) is 178 Å². The number of hydrogen-bond donors (Lipinski definition) is 5. The highest BCUT2D eigenvalue weighted by atomic mass is 32.2. The molecule has 2 aliphatic heterocycles. The summed E-state index contributed by atoms with van der Waals surface area (Å²) in [5.41, 5.74) is 8.10. The average Bonchev–Trinajstić information content (AvgIpc) is 3.53. The number of thioether (sulfide) groups is 1. The molecule has 37 heavy (non-hydrogen) atoms. The van der Waals surface area contributed by atoms with Gasteiger partial charge in [-0.1, -0.05) is 0 Å². The number of anilines is 1. The maximum atomic E-state index is 12.9. The number of carbonyl (C=O) groups is 1. The molecule has 0 radical (unpaired) electrons. The maximum Gasteiger partial charge on any atom is 0.347 e. The Labute approximate surface area is 214 Å². The predicted molar refractivity (Wildman–Crippen MR) is 137 cm³/mol. The van der Waals surface area contributed by atoms with E-state index in [9.17, 15) is 14.7 Å². The quantitative estimate of drug-likeness (QED) is 0.217. The summed E-state index contributed by atoms with van der Waals surface area (Å²) < 4.78 is 17.7.